The lowest BCUT2D eigenvalue weighted by Gasteiger charge is -2.51. The highest BCUT2D eigenvalue weighted by Crippen LogP contribution is 2.61. The summed E-state index contributed by atoms with van der Waals surface area (Å²) in [5, 5.41) is 15.3. The lowest BCUT2D eigenvalue weighted by atomic mass is 9.92. The molecule has 3 aliphatic heterocycles. The number of rotatable bonds is 3. The second-order valence-electron chi connectivity index (χ2n) is 9.22. The van der Waals surface area contributed by atoms with Crippen molar-refractivity contribution in [3.63, 3.8) is 0 Å². The number of anilines is 1. The van der Waals surface area contributed by atoms with Crippen molar-refractivity contribution in [2.75, 3.05) is 24.7 Å². The minimum atomic E-state index is -2.39. The molecule has 8 nitrogen and oxygen atoms in total. The van der Waals surface area contributed by atoms with Gasteiger partial charge in [0.15, 0.2) is 8.32 Å². The van der Waals surface area contributed by atoms with Gasteiger partial charge in [-0.15, -0.1) is 0 Å². The summed E-state index contributed by atoms with van der Waals surface area (Å²) < 4.78 is 19.4. The summed E-state index contributed by atoms with van der Waals surface area (Å²) in [6, 6.07) is 7.16. The normalized spacial score (nSPS) is 31.0. The van der Waals surface area contributed by atoms with Gasteiger partial charge in [0, 0.05) is 22.7 Å². The minimum absolute atomic E-state index is 0.0989. The summed E-state index contributed by atoms with van der Waals surface area (Å²) in [4.78, 5) is 4.95. The van der Waals surface area contributed by atoms with Crippen molar-refractivity contribution in [3.05, 3.63) is 40.3 Å². The SMILES string of the molecule is CC(C)(C)[Si](C)(C)O[C@@]12[C@H](O)[C@@H](N=[N+]=[N-])CN1c1ccccc1C21OCCO1. The highest BCUT2D eigenvalue weighted by molar-refractivity contribution is 6.74. The van der Waals surface area contributed by atoms with Gasteiger partial charge in [0.1, 0.15) is 6.10 Å². The molecule has 0 aromatic heterocycles. The highest BCUT2D eigenvalue weighted by atomic mass is 28.4. The Bertz CT molecular complexity index is 829. The van der Waals surface area contributed by atoms with Crippen LogP contribution < -0.4 is 4.90 Å². The van der Waals surface area contributed by atoms with Gasteiger partial charge in [0.05, 0.1) is 19.3 Å². The van der Waals surface area contributed by atoms with E-state index in [2.05, 4.69) is 43.9 Å². The first-order valence-electron chi connectivity index (χ1n) is 9.68. The summed E-state index contributed by atoms with van der Waals surface area (Å²) in [7, 11) is -2.39. The van der Waals surface area contributed by atoms with Crippen LogP contribution in [-0.2, 0) is 19.7 Å². The standard InChI is InChI=1S/C19H28N4O4Si/c1-17(2,3)28(4,5)27-18-16(24)14(21-22-20)12-23(18)15-9-7-6-8-13(15)19(18)25-10-11-26-19/h6-9,14,16,24H,10-12H2,1-5H3/t14-,16+,18+/m0/s1. The maximum Gasteiger partial charge on any atom is 0.248 e. The second kappa shape index (κ2) is 6.19. The van der Waals surface area contributed by atoms with E-state index in [1.54, 1.807) is 0 Å². The fraction of sp³-hybridized carbons (Fsp3) is 0.684. The molecule has 0 radical (unpaired) electrons. The molecule has 152 valence electrons. The fourth-order valence-electron chi connectivity index (χ4n) is 4.34. The zero-order chi connectivity index (χ0) is 20.4. The second-order valence-corrected chi connectivity index (χ2v) is 13.9. The molecule has 1 aromatic carbocycles. The lowest BCUT2D eigenvalue weighted by molar-refractivity contribution is -0.283. The molecule has 2 fully saturated rings. The largest absolute Gasteiger partial charge is 0.388 e. The average Bonchev–Trinajstić information content (AvgIpc) is 3.27. The molecule has 4 rings (SSSR count). The number of aliphatic hydroxyl groups excluding tert-OH is 1. The van der Waals surface area contributed by atoms with Crippen LogP contribution in [0.5, 0.6) is 0 Å². The van der Waals surface area contributed by atoms with Crippen LogP contribution in [0.2, 0.25) is 18.1 Å². The zero-order valence-corrected chi connectivity index (χ0v) is 18.0. The Hall–Kier alpha value is -1.61. The molecule has 9 heteroatoms. The van der Waals surface area contributed by atoms with Crippen molar-refractivity contribution in [1.29, 1.82) is 0 Å². The number of para-hydroxylation sites is 1. The third kappa shape index (κ3) is 2.35. The van der Waals surface area contributed by atoms with Gasteiger partial charge >= 0.3 is 0 Å². The monoisotopic (exact) mass is 404 g/mol. The van der Waals surface area contributed by atoms with E-state index in [0.29, 0.717) is 19.8 Å². The summed E-state index contributed by atoms with van der Waals surface area (Å²) in [5.74, 6) is -1.25. The Kier molecular flexibility index (Phi) is 4.35. The van der Waals surface area contributed by atoms with Crippen LogP contribution in [0.1, 0.15) is 26.3 Å². The van der Waals surface area contributed by atoms with Crippen molar-refractivity contribution >= 4 is 14.0 Å². The first kappa shape index (κ1) is 19.7. The van der Waals surface area contributed by atoms with Crippen LogP contribution in [0, 0.1) is 0 Å². The Morgan fingerprint density at radius 3 is 2.54 bits per heavy atom. The maximum atomic E-state index is 11.5. The maximum absolute atomic E-state index is 11.5. The van der Waals surface area contributed by atoms with E-state index in [-0.39, 0.29) is 5.04 Å². The smallest absolute Gasteiger partial charge is 0.248 e. The Morgan fingerprint density at radius 1 is 1.29 bits per heavy atom. The number of hydrogen-bond donors (Lipinski definition) is 1. The van der Waals surface area contributed by atoms with Crippen molar-refractivity contribution in [2.24, 2.45) is 5.11 Å². The van der Waals surface area contributed by atoms with Crippen LogP contribution in [0.15, 0.2) is 29.4 Å². The number of nitrogens with zero attached hydrogens (tertiary/aromatic N) is 4. The minimum Gasteiger partial charge on any atom is -0.388 e. The quantitative estimate of drug-likeness (QED) is 0.360. The molecular weight excluding hydrogens is 376 g/mol. The topological polar surface area (TPSA) is 99.9 Å². The summed E-state index contributed by atoms with van der Waals surface area (Å²) in [6.07, 6.45) is -1.09. The van der Waals surface area contributed by atoms with E-state index < -0.39 is 32.0 Å². The van der Waals surface area contributed by atoms with E-state index in [0.717, 1.165) is 11.3 Å². The van der Waals surface area contributed by atoms with E-state index in [1.165, 1.54) is 0 Å². The summed E-state index contributed by atoms with van der Waals surface area (Å²) in [6.45, 7) is 11.9. The van der Waals surface area contributed by atoms with E-state index in [9.17, 15) is 5.11 Å². The van der Waals surface area contributed by atoms with Gasteiger partial charge in [-0.25, -0.2) is 0 Å². The van der Waals surface area contributed by atoms with Crippen LogP contribution in [0.25, 0.3) is 10.4 Å². The van der Waals surface area contributed by atoms with Crippen molar-refractivity contribution < 1.29 is 19.0 Å². The predicted molar refractivity (Wildman–Crippen MR) is 107 cm³/mol. The first-order chi connectivity index (χ1) is 13.1. The zero-order valence-electron chi connectivity index (χ0n) is 17.0. The molecule has 1 spiro atoms. The number of ether oxygens (including phenoxy) is 2. The van der Waals surface area contributed by atoms with E-state index in [1.807, 2.05) is 29.2 Å². The molecule has 0 unspecified atom stereocenters. The third-order valence-electron chi connectivity index (χ3n) is 6.67. The van der Waals surface area contributed by atoms with Crippen molar-refractivity contribution in [1.82, 2.24) is 0 Å². The molecule has 0 saturated carbocycles. The molecule has 2 saturated heterocycles. The van der Waals surface area contributed by atoms with E-state index >= 15 is 0 Å². The summed E-state index contributed by atoms with van der Waals surface area (Å²) >= 11 is 0. The van der Waals surface area contributed by atoms with Crippen LogP contribution >= 0.6 is 0 Å². The van der Waals surface area contributed by atoms with Gasteiger partial charge < -0.3 is 23.9 Å². The Morgan fingerprint density at radius 2 is 1.93 bits per heavy atom. The van der Waals surface area contributed by atoms with Gasteiger partial charge in [0.2, 0.25) is 11.5 Å². The van der Waals surface area contributed by atoms with Crippen LogP contribution in [0.3, 0.4) is 0 Å². The molecular formula is C19H28N4O4Si. The summed E-state index contributed by atoms with van der Waals surface area (Å²) in [5.41, 5.74) is 9.48. The molecule has 3 atom stereocenters. The average molecular weight is 405 g/mol. The number of azide groups is 1. The molecule has 1 aromatic rings. The number of fused-ring (bicyclic) bond motifs is 5. The third-order valence-corrected chi connectivity index (χ3v) is 11.1. The fourth-order valence-corrected chi connectivity index (χ4v) is 5.79. The number of benzene rings is 1. The molecule has 3 heterocycles. The van der Waals surface area contributed by atoms with Crippen molar-refractivity contribution in [3.8, 4) is 0 Å². The first-order valence-corrected chi connectivity index (χ1v) is 12.6. The van der Waals surface area contributed by atoms with Crippen LogP contribution in [-0.4, -0.2) is 51.1 Å². The predicted octanol–water partition coefficient (Wildman–Crippen LogP) is 3.48. The molecule has 0 bridgehead atoms. The van der Waals surface area contributed by atoms with Gasteiger partial charge in [-0.3, -0.25) is 0 Å². The number of aliphatic hydroxyl groups is 1. The molecule has 0 amide bonds. The van der Waals surface area contributed by atoms with Crippen LogP contribution in [0.4, 0.5) is 5.69 Å². The van der Waals surface area contributed by atoms with Gasteiger partial charge in [-0.05, 0) is 29.7 Å². The van der Waals surface area contributed by atoms with Gasteiger partial charge in [0.25, 0.3) is 0 Å². The molecule has 0 aliphatic carbocycles. The highest BCUT2D eigenvalue weighted by Gasteiger charge is 2.76. The van der Waals surface area contributed by atoms with Crippen molar-refractivity contribution in [2.45, 2.75) is 62.6 Å². The molecule has 3 aliphatic rings. The van der Waals surface area contributed by atoms with Gasteiger partial charge in [-0.2, -0.15) is 0 Å². The Balaban J connectivity index is 1.95. The Labute approximate surface area is 166 Å². The van der Waals surface area contributed by atoms with Gasteiger partial charge in [-0.1, -0.05) is 44.1 Å². The molecule has 28 heavy (non-hydrogen) atoms. The van der Waals surface area contributed by atoms with E-state index in [4.69, 9.17) is 19.4 Å². The lowest BCUT2D eigenvalue weighted by Crippen LogP contribution is -2.68. The number of hydrogen-bond acceptors (Lipinski definition) is 6. The molecule has 1 N–H and O–H groups in total.